The van der Waals surface area contributed by atoms with Gasteiger partial charge in [0.1, 0.15) is 11.3 Å². The number of rotatable bonds is 3. The molecule has 2 aromatic heterocycles. The van der Waals surface area contributed by atoms with Gasteiger partial charge in [-0.1, -0.05) is 30.3 Å². The summed E-state index contributed by atoms with van der Waals surface area (Å²) < 4.78 is 26.2. The number of imidazole rings is 1. The molecule has 3 aromatic rings. The number of hydrogen-bond acceptors (Lipinski definition) is 5. The number of aromatic nitrogens is 3. The number of nitrogens with zero attached hydrogens (tertiary/aromatic N) is 4. The van der Waals surface area contributed by atoms with Gasteiger partial charge in [0.05, 0.1) is 28.8 Å². The lowest BCUT2D eigenvalue weighted by molar-refractivity contribution is 0.0789. The van der Waals surface area contributed by atoms with Crippen LogP contribution in [0.25, 0.3) is 22.3 Å². The molecule has 0 aliphatic carbocycles. The molecular formula is C22H24N4O3S. The highest BCUT2D eigenvalue weighted by Gasteiger charge is 2.33. The van der Waals surface area contributed by atoms with Gasteiger partial charge in [-0.2, -0.15) is 0 Å². The second-order valence-electron chi connectivity index (χ2n) is 8.18. The molecule has 0 saturated carbocycles. The smallest absolute Gasteiger partial charge is 0.274 e. The molecule has 0 spiro atoms. The molecular weight excluding hydrogens is 400 g/mol. The molecule has 30 heavy (non-hydrogen) atoms. The molecule has 156 valence electrons. The van der Waals surface area contributed by atoms with Gasteiger partial charge >= 0.3 is 0 Å². The molecule has 2 fully saturated rings. The molecule has 5 rings (SSSR count). The lowest BCUT2D eigenvalue weighted by Crippen LogP contribution is -2.28. The van der Waals surface area contributed by atoms with Crippen molar-refractivity contribution in [2.24, 2.45) is 0 Å². The second kappa shape index (κ2) is 7.19. The predicted octanol–water partition coefficient (Wildman–Crippen LogP) is 3.00. The fourth-order valence-corrected chi connectivity index (χ4v) is 6.32. The minimum Gasteiger partial charge on any atom is -0.337 e. The van der Waals surface area contributed by atoms with Crippen molar-refractivity contribution in [2.75, 3.05) is 24.6 Å². The van der Waals surface area contributed by atoms with Gasteiger partial charge in [0.2, 0.25) is 0 Å². The van der Waals surface area contributed by atoms with Gasteiger partial charge in [-0.05, 0) is 32.3 Å². The Balaban J connectivity index is 1.72. The zero-order valence-corrected chi connectivity index (χ0v) is 17.7. The van der Waals surface area contributed by atoms with Crippen molar-refractivity contribution in [3.05, 3.63) is 47.9 Å². The van der Waals surface area contributed by atoms with E-state index < -0.39 is 9.84 Å². The van der Waals surface area contributed by atoms with E-state index in [4.69, 9.17) is 9.97 Å². The fourth-order valence-electron chi connectivity index (χ4n) is 4.62. The fraction of sp³-hybridized carbons (Fsp3) is 0.409. The highest BCUT2D eigenvalue weighted by molar-refractivity contribution is 7.91. The van der Waals surface area contributed by atoms with E-state index in [1.807, 2.05) is 52.8 Å². The first-order valence-electron chi connectivity index (χ1n) is 10.4. The van der Waals surface area contributed by atoms with E-state index in [-0.39, 0.29) is 23.5 Å². The van der Waals surface area contributed by atoms with E-state index in [9.17, 15) is 13.2 Å². The Morgan fingerprint density at radius 2 is 1.83 bits per heavy atom. The molecule has 0 radical (unpaired) electrons. The van der Waals surface area contributed by atoms with Gasteiger partial charge in [0.25, 0.3) is 5.91 Å². The molecule has 0 N–H and O–H groups in total. The molecule has 4 heterocycles. The number of carbonyl (C=O) groups is 1. The average molecular weight is 425 g/mol. The van der Waals surface area contributed by atoms with Crippen LogP contribution in [0.3, 0.4) is 0 Å². The van der Waals surface area contributed by atoms with E-state index in [2.05, 4.69) is 0 Å². The third-order valence-corrected chi connectivity index (χ3v) is 7.84. The number of sulfone groups is 1. The van der Waals surface area contributed by atoms with Crippen LogP contribution in [0.4, 0.5) is 0 Å². The molecule has 2 aliphatic rings. The van der Waals surface area contributed by atoms with Crippen LogP contribution in [0.15, 0.2) is 36.4 Å². The first-order valence-corrected chi connectivity index (χ1v) is 12.2. The van der Waals surface area contributed by atoms with E-state index in [1.54, 1.807) is 0 Å². The largest absolute Gasteiger partial charge is 0.337 e. The first kappa shape index (κ1) is 19.2. The Bertz CT molecular complexity index is 1230. The summed E-state index contributed by atoms with van der Waals surface area (Å²) in [5.41, 5.74) is 3.32. The van der Waals surface area contributed by atoms with Crippen LogP contribution in [-0.2, 0) is 9.84 Å². The average Bonchev–Trinajstić information content (AvgIpc) is 3.45. The Labute approximate surface area is 175 Å². The number of likely N-dealkylation sites (tertiary alicyclic amines) is 1. The quantitative estimate of drug-likeness (QED) is 0.645. The van der Waals surface area contributed by atoms with Crippen LogP contribution in [0, 0.1) is 6.92 Å². The van der Waals surface area contributed by atoms with Gasteiger partial charge < -0.3 is 9.47 Å². The van der Waals surface area contributed by atoms with Crippen molar-refractivity contribution in [3.63, 3.8) is 0 Å². The molecule has 7 nitrogen and oxygen atoms in total. The van der Waals surface area contributed by atoms with Crippen molar-refractivity contribution in [1.82, 2.24) is 19.4 Å². The Morgan fingerprint density at radius 1 is 1.10 bits per heavy atom. The molecule has 0 bridgehead atoms. The second-order valence-corrected chi connectivity index (χ2v) is 10.4. The topological polar surface area (TPSA) is 85.2 Å². The SMILES string of the molecule is Cc1nc2c(C(=O)N3CCCC3)nc(-c3ccccc3)cc2n1[C@H]1CCS(=O)(=O)C1. The number of benzene rings is 1. The summed E-state index contributed by atoms with van der Waals surface area (Å²) in [7, 11) is -3.05. The van der Waals surface area contributed by atoms with Crippen LogP contribution in [0.1, 0.15) is 41.6 Å². The Morgan fingerprint density at radius 3 is 2.50 bits per heavy atom. The maximum absolute atomic E-state index is 13.3. The van der Waals surface area contributed by atoms with Crippen molar-refractivity contribution in [1.29, 1.82) is 0 Å². The summed E-state index contributed by atoms with van der Waals surface area (Å²) in [6.45, 7) is 3.34. The summed E-state index contributed by atoms with van der Waals surface area (Å²) in [4.78, 5) is 24.6. The molecule has 1 aromatic carbocycles. The summed E-state index contributed by atoms with van der Waals surface area (Å²) in [5.74, 6) is 0.915. The molecule has 8 heteroatoms. The molecule has 0 unspecified atom stereocenters. The zero-order valence-electron chi connectivity index (χ0n) is 16.9. The summed E-state index contributed by atoms with van der Waals surface area (Å²) in [5, 5.41) is 0. The predicted molar refractivity (Wildman–Crippen MR) is 115 cm³/mol. The van der Waals surface area contributed by atoms with E-state index in [0.717, 1.165) is 42.8 Å². The molecule has 1 amide bonds. The summed E-state index contributed by atoms with van der Waals surface area (Å²) in [6.07, 6.45) is 2.56. The minimum atomic E-state index is -3.05. The highest BCUT2D eigenvalue weighted by Crippen LogP contribution is 2.33. The summed E-state index contributed by atoms with van der Waals surface area (Å²) >= 11 is 0. The number of pyridine rings is 1. The van der Waals surface area contributed by atoms with Gasteiger partial charge in [0, 0.05) is 18.7 Å². The molecule has 1 atom stereocenters. The van der Waals surface area contributed by atoms with Gasteiger partial charge in [-0.3, -0.25) is 4.79 Å². The number of hydrogen-bond donors (Lipinski definition) is 0. The normalized spacial score (nSPS) is 20.8. The maximum Gasteiger partial charge on any atom is 0.274 e. The van der Waals surface area contributed by atoms with Crippen molar-refractivity contribution in [3.8, 4) is 11.3 Å². The van der Waals surface area contributed by atoms with Gasteiger partial charge in [-0.25, -0.2) is 18.4 Å². The van der Waals surface area contributed by atoms with E-state index in [0.29, 0.717) is 23.3 Å². The Kier molecular flexibility index (Phi) is 4.61. The van der Waals surface area contributed by atoms with Crippen LogP contribution in [0.2, 0.25) is 0 Å². The standard InChI is InChI=1S/C22H24N4O3S/c1-15-23-20-19(26(15)17-9-12-30(28,29)14-17)13-18(16-7-3-2-4-8-16)24-21(20)22(27)25-10-5-6-11-25/h2-4,7-8,13,17H,5-6,9-12,14H2,1H3/t17-/m0/s1. The summed E-state index contributed by atoms with van der Waals surface area (Å²) in [6, 6.07) is 11.5. The number of amides is 1. The lowest BCUT2D eigenvalue weighted by Gasteiger charge is -2.17. The Hall–Kier alpha value is -2.74. The van der Waals surface area contributed by atoms with Crippen LogP contribution in [0.5, 0.6) is 0 Å². The maximum atomic E-state index is 13.3. The lowest BCUT2D eigenvalue weighted by atomic mass is 10.1. The third kappa shape index (κ3) is 3.29. The van der Waals surface area contributed by atoms with Gasteiger partial charge in [-0.15, -0.1) is 0 Å². The zero-order chi connectivity index (χ0) is 20.9. The van der Waals surface area contributed by atoms with Crippen molar-refractivity contribution in [2.45, 2.75) is 32.2 Å². The number of aryl methyl sites for hydroxylation is 1. The minimum absolute atomic E-state index is 0.0982. The first-order chi connectivity index (χ1) is 14.4. The number of fused-ring (bicyclic) bond motifs is 1. The molecule has 2 saturated heterocycles. The van der Waals surface area contributed by atoms with Crippen LogP contribution < -0.4 is 0 Å². The highest BCUT2D eigenvalue weighted by atomic mass is 32.2. The molecule has 2 aliphatic heterocycles. The van der Waals surface area contributed by atoms with Crippen LogP contribution >= 0.6 is 0 Å². The van der Waals surface area contributed by atoms with Crippen molar-refractivity contribution < 1.29 is 13.2 Å². The van der Waals surface area contributed by atoms with Crippen LogP contribution in [-0.4, -0.2) is 58.4 Å². The van der Waals surface area contributed by atoms with E-state index >= 15 is 0 Å². The number of carbonyl (C=O) groups excluding carboxylic acids is 1. The van der Waals surface area contributed by atoms with Crippen molar-refractivity contribution >= 4 is 26.8 Å². The third-order valence-electron chi connectivity index (χ3n) is 6.09. The monoisotopic (exact) mass is 424 g/mol. The van der Waals surface area contributed by atoms with Gasteiger partial charge in [0.15, 0.2) is 15.5 Å². The van der Waals surface area contributed by atoms with E-state index in [1.165, 1.54) is 0 Å².